The Labute approximate surface area is 176 Å². The number of hydrogen-bond donors (Lipinski definition) is 2. The molecule has 2 aromatic rings. The summed E-state index contributed by atoms with van der Waals surface area (Å²) in [7, 11) is -3.64. The molecule has 1 amide bonds. The molecule has 8 nitrogen and oxygen atoms in total. The van der Waals surface area contributed by atoms with Gasteiger partial charge in [0, 0.05) is 25.3 Å². The van der Waals surface area contributed by atoms with Gasteiger partial charge in [-0.1, -0.05) is 18.9 Å². The summed E-state index contributed by atoms with van der Waals surface area (Å²) < 4.78 is 38.7. The number of nitrogens with one attached hydrogen (secondary N) is 2. The van der Waals surface area contributed by atoms with Gasteiger partial charge < -0.3 is 19.8 Å². The molecule has 0 aliphatic carbocycles. The molecule has 1 aromatic heterocycles. The number of aromatic amines is 1. The van der Waals surface area contributed by atoms with Gasteiger partial charge in [0.2, 0.25) is 16.8 Å². The van der Waals surface area contributed by atoms with Crippen LogP contribution in [0.2, 0.25) is 0 Å². The van der Waals surface area contributed by atoms with Gasteiger partial charge in [-0.15, -0.1) is 0 Å². The minimum atomic E-state index is -3.64. The molecule has 0 radical (unpaired) electrons. The number of hydrogen-bond acceptors (Lipinski definition) is 5. The fourth-order valence-electron chi connectivity index (χ4n) is 4.08. The predicted molar refractivity (Wildman–Crippen MR) is 111 cm³/mol. The Morgan fingerprint density at radius 2 is 1.80 bits per heavy atom. The molecule has 2 aliphatic heterocycles. The highest BCUT2D eigenvalue weighted by Gasteiger charge is 2.32. The van der Waals surface area contributed by atoms with E-state index in [-0.39, 0.29) is 23.3 Å². The Bertz CT molecular complexity index is 1050. The predicted octanol–water partition coefficient (Wildman–Crippen LogP) is 2.85. The Hall–Kier alpha value is -2.52. The van der Waals surface area contributed by atoms with E-state index >= 15 is 0 Å². The van der Waals surface area contributed by atoms with Crippen molar-refractivity contribution in [3.05, 3.63) is 40.7 Å². The average molecular weight is 434 g/mol. The molecule has 2 aliphatic rings. The van der Waals surface area contributed by atoms with Crippen LogP contribution in [0.1, 0.15) is 53.0 Å². The van der Waals surface area contributed by atoms with Crippen LogP contribution >= 0.6 is 0 Å². The van der Waals surface area contributed by atoms with Gasteiger partial charge in [-0.2, -0.15) is 4.31 Å². The van der Waals surface area contributed by atoms with E-state index in [9.17, 15) is 13.2 Å². The maximum Gasteiger partial charge on any atom is 0.268 e. The van der Waals surface area contributed by atoms with Gasteiger partial charge in [0.1, 0.15) is 10.6 Å². The Morgan fingerprint density at radius 1 is 1.10 bits per heavy atom. The highest BCUT2D eigenvalue weighted by Crippen LogP contribution is 2.32. The van der Waals surface area contributed by atoms with Crippen molar-refractivity contribution in [3.8, 4) is 11.5 Å². The first-order valence-electron chi connectivity index (χ1n) is 10.2. The molecule has 0 spiro atoms. The quantitative estimate of drug-likeness (QED) is 0.755. The van der Waals surface area contributed by atoms with Gasteiger partial charge in [0.15, 0.2) is 11.5 Å². The number of benzene rings is 1. The monoisotopic (exact) mass is 433 g/mol. The number of carbonyl (C=O) groups is 1. The molecular weight excluding hydrogens is 406 g/mol. The molecule has 0 saturated carbocycles. The molecule has 3 heterocycles. The number of H-pyrrole nitrogens is 1. The lowest BCUT2D eigenvalue weighted by atomic mass is 10.2. The normalized spacial score (nSPS) is 17.0. The lowest BCUT2D eigenvalue weighted by molar-refractivity contribution is 0.0945. The van der Waals surface area contributed by atoms with Crippen molar-refractivity contribution in [3.63, 3.8) is 0 Å². The minimum absolute atomic E-state index is 0.195. The average Bonchev–Trinajstić information content (AvgIpc) is 3.17. The van der Waals surface area contributed by atoms with E-state index in [0.29, 0.717) is 42.4 Å². The third-order valence-electron chi connectivity index (χ3n) is 5.65. The van der Waals surface area contributed by atoms with Crippen molar-refractivity contribution in [2.75, 3.05) is 19.9 Å². The zero-order valence-electron chi connectivity index (χ0n) is 17.3. The Morgan fingerprint density at radius 3 is 2.53 bits per heavy atom. The number of rotatable bonds is 5. The summed E-state index contributed by atoms with van der Waals surface area (Å²) in [5, 5.41) is 2.85. The largest absolute Gasteiger partial charge is 0.454 e. The molecule has 162 valence electrons. The molecular formula is C21H27N3O5S. The summed E-state index contributed by atoms with van der Waals surface area (Å²) in [6, 6.07) is 5.49. The van der Waals surface area contributed by atoms with Gasteiger partial charge in [0.05, 0.1) is 0 Å². The molecule has 9 heteroatoms. The number of fused-ring (bicyclic) bond motifs is 1. The van der Waals surface area contributed by atoms with Crippen LogP contribution in [0.4, 0.5) is 0 Å². The second kappa shape index (κ2) is 8.31. The lowest BCUT2D eigenvalue weighted by Crippen LogP contribution is -2.32. The van der Waals surface area contributed by atoms with Crippen LogP contribution < -0.4 is 14.8 Å². The number of nitrogens with zero attached hydrogens (tertiary/aromatic N) is 1. The maximum absolute atomic E-state index is 13.3. The fraction of sp³-hybridized carbons (Fsp3) is 0.476. The third-order valence-corrected chi connectivity index (χ3v) is 7.82. The lowest BCUT2D eigenvalue weighted by Gasteiger charge is -2.20. The van der Waals surface area contributed by atoms with Gasteiger partial charge >= 0.3 is 0 Å². The van der Waals surface area contributed by atoms with E-state index in [2.05, 4.69) is 10.3 Å². The third kappa shape index (κ3) is 3.91. The molecule has 1 saturated heterocycles. The first-order chi connectivity index (χ1) is 14.4. The number of aryl methyl sites for hydroxylation is 1. The number of sulfonamides is 1. The summed E-state index contributed by atoms with van der Waals surface area (Å²) in [5.41, 5.74) is 2.09. The van der Waals surface area contributed by atoms with Crippen LogP contribution in [0.5, 0.6) is 11.5 Å². The maximum atomic E-state index is 13.3. The van der Waals surface area contributed by atoms with Crippen LogP contribution in [0.3, 0.4) is 0 Å². The fourth-order valence-corrected chi connectivity index (χ4v) is 6.00. The molecule has 4 rings (SSSR count). The molecule has 1 aromatic carbocycles. The van der Waals surface area contributed by atoms with E-state index in [4.69, 9.17) is 9.47 Å². The minimum Gasteiger partial charge on any atom is -0.454 e. The molecule has 2 N–H and O–H groups in total. The summed E-state index contributed by atoms with van der Waals surface area (Å²) in [5.74, 6) is 0.995. The van der Waals surface area contributed by atoms with Crippen LogP contribution in [0.15, 0.2) is 23.1 Å². The van der Waals surface area contributed by atoms with E-state index < -0.39 is 10.0 Å². The molecule has 30 heavy (non-hydrogen) atoms. The van der Waals surface area contributed by atoms with Crippen LogP contribution in [0, 0.1) is 13.8 Å². The first-order valence-corrected chi connectivity index (χ1v) is 11.7. The second-order valence-electron chi connectivity index (χ2n) is 7.77. The van der Waals surface area contributed by atoms with Crippen molar-refractivity contribution in [2.24, 2.45) is 0 Å². The van der Waals surface area contributed by atoms with Gasteiger partial charge in [-0.3, -0.25) is 4.79 Å². The van der Waals surface area contributed by atoms with Crippen molar-refractivity contribution in [1.29, 1.82) is 0 Å². The highest BCUT2D eigenvalue weighted by atomic mass is 32.2. The van der Waals surface area contributed by atoms with Crippen molar-refractivity contribution >= 4 is 15.9 Å². The smallest absolute Gasteiger partial charge is 0.268 e. The molecule has 1 fully saturated rings. The number of aromatic nitrogens is 1. The zero-order chi connectivity index (χ0) is 21.3. The van der Waals surface area contributed by atoms with Gasteiger partial charge in [-0.25, -0.2) is 8.42 Å². The SMILES string of the molecule is Cc1[nH]c(C(=O)NCc2ccc3c(c2)OCO3)c(C)c1S(=O)(=O)N1CCCCCC1. The van der Waals surface area contributed by atoms with E-state index in [1.807, 2.05) is 12.1 Å². The molecule has 0 unspecified atom stereocenters. The van der Waals surface area contributed by atoms with Gasteiger partial charge in [0.25, 0.3) is 5.91 Å². The summed E-state index contributed by atoms with van der Waals surface area (Å²) in [6.07, 6.45) is 3.82. The Balaban J connectivity index is 1.51. The van der Waals surface area contributed by atoms with Crippen LogP contribution in [-0.4, -0.2) is 43.5 Å². The Kier molecular flexibility index (Phi) is 5.75. The van der Waals surface area contributed by atoms with Gasteiger partial charge in [-0.05, 0) is 49.9 Å². The van der Waals surface area contributed by atoms with E-state index in [1.165, 1.54) is 0 Å². The number of ether oxygens (including phenoxy) is 2. The van der Waals surface area contributed by atoms with Crippen LogP contribution in [0.25, 0.3) is 0 Å². The molecule has 0 atom stereocenters. The molecule has 0 bridgehead atoms. The van der Waals surface area contributed by atoms with Crippen molar-refractivity contribution < 1.29 is 22.7 Å². The number of amides is 1. The van der Waals surface area contributed by atoms with E-state index in [0.717, 1.165) is 31.2 Å². The van der Waals surface area contributed by atoms with Crippen molar-refractivity contribution in [2.45, 2.75) is 51.0 Å². The summed E-state index contributed by atoms with van der Waals surface area (Å²) in [6.45, 7) is 4.92. The summed E-state index contributed by atoms with van der Waals surface area (Å²) in [4.78, 5) is 16.0. The summed E-state index contributed by atoms with van der Waals surface area (Å²) >= 11 is 0. The topological polar surface area (TPSA) is 101 Å². The highest BCUT2D eigenvalue weighted by molar-refractivity contribution is 7.89. The van der Waals surface area contributed by atoms with Crippen molar-refractivity contribution in [1.82, 2.24) is 14.6 Å². The zero-order valence-corrected chi connectivity index (χ0v) is 18.1. The second-order valence-corrected chi connectivity index (χ2v) is 9.64. The van der Waals surface area contributed by atoms with Crippen LogP contribution in [-0.2, 0) is 16.6 Å². The first kappa shape index (κ1) is 20.7. The van der Waals surface area contributed by atoms with E-state index in [1.54, 1.807) is 24.2 Å². The number of carbonyl (C=O) groups excluding carboxylic acids is 1. The standard InChI is InChI=1S/C21H27N3O5S/c1-14-19(21(25)22-12-16-7-8-17-18(11-16)29-13-28-17)23-15(2)20(14)30(26,27)24-9-5-3-4-6-10-24/h7-8,11,23H,3-6,9-10,12-13H2,1-2H3,(H,22,25).